The van der Waals surface area contributed by atoms with Crippen LogP contribution in [0.2, 0.25) is 0 Å². The summed E-state index contributed by atoms with van der Waals surface area (Å²) in [6, 6.07) is 17.2. The molecule has 0 radical (unpaired) electrons. The highest BCUT2D eigenvalue weighted by atomic mass is 16.5. The molecule has 0 bridgehead atoms. The van der Waals surface area contributed by atoms with Crippen molar-refractivity contribution < 1.29 is 14.6 Å². The normalized spacial score (nSPS) is 11.7. The van der Waals surface area contributed by atoms with Gasteiger partial charge in [0, 0.05) is 24.0 Å². The number of hydrogen-bond acceptors (Lipinski definition) is 5. The standard InChI is InChI=1S/C22H24N2O3/c1-15-10-11-16(21(25)18-8-4-5-12-23-18)13-19(15)24-14-17-7-6-9-20(26-2)22(17)27-3/h4-13,21,24-25H,14H2,1-3H3/t21-/m0/s1. The number of hydrogen-bond donors (Lipinski definition) is 2. The first-order valence-electron chi connectivity index (χ1n) is 8.77. The van der Waals surface area contributed by atoms with Gasteiger partial charge in [0.25, 0.3) is 0 Å². The molecule has 5 nitrogen and oxygen atoms in total. The summed E-state index contributed by atoms with van der Waals surface area (Å²) in [5.74, 6) is 1.42. The van der Waals surface area contributed by atoms with E-state index < -0.39 is 6.10 Å². The van der Waals surface area contributed by atoms with E-state index in [9.17, 15) is 5.11 Å². The van der Waals surface area contributed by atoms with Crippen LogP contribution in [-0.2, 0) is 6.54 Å². The van der Waals surface area contributed by atoms with Gasteiger partial charge < -0.3 is 19.9 Å². The lowest BCUT2D eigenvalue weighted by Crippen LogP contribution is -2.06. The Balaban J connectivity index is 1.82. The Bertz CT molecular complexity index is 897. The first-order chi connectivity index (χ1) is 13.1. The first kappa shape index (κ1) is 18.7. The molecule has 1 atom stereocenters. The van der Waals surface area contributed by atoms with E-state index in [4.69, 9.17) is 9.47 Å². The van der Waals surface area contributed by atoms with Gasteiger partial charge in [-0.15, -0.1) is 0 Å². The van der Waals surface area contributed by atoms with Gasteiger partial charge in [0.1, 0.15) is 6.10 Å². The van der Waals surface area contributed by atoms with Crippen LogP contribution in [0.5, 0.6) is 11.5 Å². The fourth-order valence-electron chi connectivity index (χ4n) is 2.99. The summed E-state index contributed by atoms with van der Waals surface area (Å²) in [5, 5.41) is 14.1. The second-order valence-corrected chi connectivity index (χ2v) is 6.24. The number of methoxy groups -OCH3 is 2. The maximum Gasteiger partial charge on any atom is 0.165 e. The van der Waals surface area contributed by atoms with Crippen molar-refractivity contribution in [1.29, 1.82) is 0 Å². The average Bonchev–Trinajstić information content (AvgIpc) is 2.72. The molecule has 0 aliphatic carbocycles. The van der Waals surface area contributed by atoms with E-state index >= 15 is 0 Å². The fraction of sp³-hybridized carbons (Fsp3) is 0.227. The SMILES string of the molecule is COc1cccc(CNc2cc([C@H](O)c3ccccn3)ccc2C)c1OC. The number of anilines is 1. The third-order valence-corrected chi connectivity index (χ3v) is 4.50. The van der Waals surface area contributed by atoms with Crippen LogP contribution < -0.4 is 14.8 Å². The molecule has 0 unspecified atom stereocenters. The Labute approximate surface area is 159 Å². The zero-order valence-corrected chi connectivity index (χ0v) is 15.8. The number of aliphatic hydroxyl groups is 1. The lowest BCUT2D eigenvalue weighted by Gasteiger charge is -2.17. The predicted octanol–water partition coefficient (Wildman–Crippen LogP) is 4.10. The Morgan fingerprint density at radius 1 is 1.04 bits per heavy atom. The van der Waals surface area contributed by atoms with E-state index in [2.05, 4.69) is 10.3 Å². The molecule has 0 saturated heterocycles. The quantitative estimate of drug-likeness (QED) is 0.661. The van der Waals surface area contributed by atoms with Gasteiger partial charge in [-0.2, -0.15) is 0 Å². The Hall–Kier alpha value is -3.05. The van der Waals surface area contributed by atoms with Crippen LogP contribution in [0.25, 0.3) is 0 Å². The number of pyridine rings is 1. The largest absolute Gasteiger partial charge is 0.493 e. The monoisotopic (exact) mass is 364 g/mol. The van der Waals surface area contributed by atoms with Gasteiger partial charge in [0.15, 0.2) is 11.5 Å². The number of nitrogens with zero attached hydrogens (tertiary/aromatic N) is 1. The highest BCUT2D eigenvalue weighted by Crippen LogP contribution is 2.32. The van der Waals surface area contributed by atoms with Crippen molar-refractivity contribution >= 4 is 5.69 Å². The van der Waals surface area contributed by atoms with Crippen LogP contribution in [0.3, 0.4) is 0 Å². The van der Waals surface area contributed by atoms with Crippen LogP contribution in [0.15, 0.2) is 60.8 Å². The van der Waals surface area contributed by atoms with E-state index in [-0.39, 0.29) is 0 Å². The van der Waals surface area contributed by atoms with Crippen molar-refractivity contribution in [2.45, 2.75) is 19.6 Å². The second kappa shape index (κ2) is 8.56. The summed E-state index contributed by atoms with van der Waals surface area (Å²) in [6.07, 6.45) is 0.916. The number of benzene rings is 2. The van der Waals surface area contributed by atoms with Crippen LogP contribution in [0.1, 0.15) is 28.5 Å². The van der Waals surface area contributed by atoms with E-state index in [1.807, 2.05) is 61.5 Å². The highest BCUT2D eigenvalue weighted by Gasteiger charge is 2.14. The highest BCUT2D eigenvalue weighted by molar-refractivity contribution is 5.55. The summed E-state index contributed by atoms with van der Waals surface area (Å²) in [5.41, 5.74) is 4.45. The molecule has 3 rings (SSSR count). The molecule has 0 fully saturated rings. The topological polar surface area (TPSA) is 63.6 Å². The summed E-state index contributed by atoms with van der Waals surface area (Å²) in [4.78, 5) is 4.24. The number of para-hydroxylation sites is 1. The molecular weight excluding hydrogens is 340 g/mol. The fourth-order valence-corrected chi connectivity index (χ4v) is 2.99. The van der Waals surface area contributed by atoms with Gasteiger partial charge in [-0.3, -0.25) is 4.98 Å². The van der Waals surface area contributed by atoms with E-state index in [0.29, 0.717) is 18.0 Å². The maximum absolute atomic E-state index is 10.6. The molecular formula is C22H24N2O3. The van der Waals surface area contributed by atoms with E-state index in [1.165, 1.54) is 0 Å². The number of nitrogens with one attached hydrogen (secondary N) is 1. The molecule has 0 amide bonds. The third-order valence-electron chi connectivity index (χ3n) is 4.50. The zero-order chi connectivity index (χ0) is 19.2. The van der Waals surface area contributed by atoms with Crippen LogP contribution in [-0.4, -0.2) is 24.3 Å². The zero-order valence-electron chi connectivity index (χ0n) is 15.8. The molecule has 0 aliphatic heterocycles. The lowest BCUT2D eigenvalue weighted by atomic mass is 10.0. The van der Waals surface area contributed by atoms with Gasteiger partial charge >= 0.3 is 0 Å². The number of aliphatic hydroxyl groups excluding tert-OH is 1. The van der Waals surface area contributed by atoms with Crippen molar-refractivity contribution in [2.75, 3.05) is 19.5 Å². The van der Waals surface area contributed by atoms with Crippen molar-refractivity contribution in [3.8, 4) is 11.5 Å². The molecule has 0 spiro atoms. The molecule has 5 heteroatoms. The molecule has 140 valence electrons. The number of ether oxygens (including phenoxy) is 2. The van der Waals surface area contributed by atoms with Crippen LogP contribution >= 0.6 is 0 Å². The van der Waals surface area contributed by atoms with Crippen LogP contribution in [0, 0.1) is 6.92 Å². The number of rotatable bonds is 7. The minimum absolute atomic E-state index is 0.574. The second-order valence-electron chi connectivity index (χ2n) is 6.24. The van der Waals surface area contributed by atoms with Crippen molar-refractivity contribution in [2.24, 2.45) is 0 Å². The Morgan fingerprint density at radius 2 is 1.89 bits per heavy atom. The summed E-state index contributed by atoms with van der Waals surface area (Å²) >= 11 is 0. The predicted molar refractivity (Wildman–Crippen MR) is 106 cm³/mol. The molecule has 0 saturated carbocycles. The van der Waals surface area contributed by atoms with Crippen molar-refractivity contribution in [3.63, 3.8) is 0 Å². The Kier molecular flexibility index (Phi) is 5.94. The van der Waals surface area contributed by atoms with E-state index in [1.54, 1.807) is 20.4 Å². The summed E-state index contributed by atoms with van der Waals surface area (Å²) in [7, 11) is 3.26. The molecule has 2 N–H and O–H groups in total. The van der Waals surface area contributed by atoms with Gasteiger partial charge in [-0.1, -0.05) is 30.3 Å². The van der Waals surface area contributed by atoms with Gasteiger partial charge in [-0.25, -0.2) is 0 Å². The smallest absolute Gasteiger partial charge is 0.165 e. The average molecular weight is 364 g/mol. The van der Waals surface area contributed by atoms with Gasteiger partial charge in [0.2, 0.25) is 0 Å². The number of aryl methyl sites for hydroxylation is 1. The van der Waals surface area contributed by atoms with E-state index in [0.717, 1.165) is 28.1 Å². The van der Waals surface area contributed by atoms with Crippen LogP contribution in [0.4, 0.5) is 5.69 Å². The number of aromatic nitrogens is 1. The first-order valence-corrected chi connectivity index (χ1v) is 8.77. The minimum atomic E-state index is -0.765. The molecule has 27 heavy (non-hydrogen) atoms. The summed E-state index contributed by atoms with van der Waals surface area (Å²) < 4.78 is 10.9. The summed E-state index contributed by atoms with van der Waals surface area (Å²) in [6.45, 7) is 2.60. The van der Waals surface area contributed by atoms with Gasteiger partial charge in [-0.05, 0) is 42.3 Å². The third kappa shape index (κ3) is 4.20. The lowest BCUT2D eigenvalue weighted by molar-refractivity contribution is 0.215. The molecule has 1 heterocycles. The molecule has 3 aromatic rings. The molecule has 0 aliphatic rings. The molecule has 1 aromatic heterocycles. The molecule has 2 aromatic carbocycles. The van der Waals surface area contributed by atoms with Gasteiger partial charge in [0.05, 0.1) is 19.9 Å². The maximum atomic E-state index is 10.6. The minimum Gasteiger partial charge on any atom is -0.493 e. The Morgan fingerprint density at radius 3 is 2.59 bits per heavy atom. The van der Waals surface area contributed by atoms with Crippen molar-refractivity contribution in [1.82, 2.24) is 4.98 Å². The van der Waals surface area contributed by atoms with Crippen molar-refractivity contribution in [3.05, 3.63) is 83.2 Å².